The smallest absolute Gasteiger partial charge is 0.213 e. The van der Waals surface area contributed by atoms with Crippen molar-refractivity contribution in [3.05, 3.63) is 65.9 Å². The van der Waals surface area contributed by atoms with Crippen LogP contribution in [0.3, 0.4) is 0 Å². The minimum atomic E-state index is -0.530. The number of hydrogen-bond donors (Lipinski definition) is 2. The van der Waals surface area contributed by atoms with Gasteiger partial charge in [-0.1, -0.05) is 12.1 Å². The monoisotopic (exact) mass is 418 g/mol. The summed E-state index contributed by atoms with van der Waals surface area (Å²) in [7, 11) is 0. The van der Waals surface area contributed by atoms with E-state index >= 15 is 0 Å². The Balaban J connectivity index is 1.56. The van der Waals surface area contributed by atoms with Crippen LogP contribution < -0.4 is 11.1 Å². The molecule has 2 aromatic heterocycles. The Labute approximate surface area is 181 Å². The molecule has 2 fully saturated rings. The number of anilines is 1. The lowest BCUT2D eigenvalue weighted by Crippen LogP contribution is -2.19. The van der Waals surface area contributed by atoms with Gasteiger partial charge in [-0.25, -0.2) is 9.97 Å². The quantitative estimate of drug-likeness (QED) is 0.593. The van der Waals surface area contributed by atoms with Crippen LogP contribution in [0.5, 0.6) is 0 Å². The lowest BCUT2D eigenvalue weighted by molar-refractivity contribution is 0.0851. The van der Waals surface area contributed by atoms with Crippen molar-refractivity contribution in [2.45, 2.75) is 37.6 Å². The zero-order valence-electron chi connectivity index (χ0n) is 17.5. The van der Waals surface area contributed by atoms with E-state index in [4.69, 9.17) is 10.5 Å². The maximum atomic E-state index is 13.7. The number of hydrogen-bond acceptors (Lipinski definition) is 5. The van der Waals surface area contributed by atoms with E-state index in [0.29, 0.717) is 28.9 Å². The third-order valence-electron chi connectivity index (χ3n) is 6.47. The van der Waals surface area contributed by atoms with Crippen LogP contribution in [0.25, 0.3) is 22.3 Å². The normalized spacial score (nSPS) is 19.6. The van der Waals surface area contributed by atoms with Crippen molar-refractivity contribution in [3.63, 3.8) is 0 Å². The first-order chi connectivity index (χ1) is 15.2. The van der Waals surface area contributed by atoms with Gasteiger partial charge in [-0.3, -0.25) is 0 Å². The molecule has 0 bridgehead atoms. The molecule has 0 saturated carbocycles. The van der Waals surface area contributed by atoms with Crippen molar-refractivity contribution >= 4 is 5.82 Å². The fourth-order valence-electron chi connectivity index (χ4n) is 4.82. The molecule has 0 aliphatic carbocycles. The standard InChI is InChI=1S/C25H27FN4O/c26-24-14-18(5-9-29-24)21-13-19(15-30-25(21)27)17-3-4-20(16-6-10-31-11-7-16)22(12-17)23-2-1-8-28-23/h3-5,9,12-16,23,28H,1-2,6-8,10-11H2,(H2,27,30)/t23-/m0/s1. The third-order valence-corrected chi connectivity index (χ3v) is 6.47. The first-order valence-electron chi connectivity index (χ1n) is 11.0. The van der Waals surface area contributed by atoms with Crippen LogP contribution in [-0.4, -0.2) is 29.7 Å². The van der Waals surface area contributed by atoms with Gasteiger partial charge in [-0.2, -0.15) is 4.39 Å². The predicted octanol–water partition coefficient (Wildman–Crippen LogP) is 4.85. The molecule has 0 amide bonds. The van der Waals surface area contributed by atoms with Gasteiger partial charge < -0.3 is 15.8 Å². The molecule has 0 radical (unpaired) electrons. The predicted molar refractivity (Wildman–Crippen MR) is 120 cm³/mol. The number of pyridine rings is 2. The number of ether oxygens (including phenoxy) is 1. The molecule has 2 saturated heterocycles. The average molecular weight is 419 g/mol. The van der Waals surface area contributed by atoms with Gasteiger partial charge in [-0.05, 0) is 78.6 Å². The number of nitrogen functional groups attached to an aromatic ring is 1. The van der Waals surface area contributed by atoms with Crippen LogP contribution in [0.4, 0.5) is 10.2 Å². The van der Waals surface area contributed by atoms with Gasteiger partial charge in [0.2, 0.25) is 5.95 Å². The van der Waals surface area contributed by atoms with Gasteiger partial charge in [-0.15, -0.1) is 0 Å². The van der Waals surface area contributed by atoms with E-state index in [2.05, 4.69) is 33.5 Å². The second-order valence-corrected chi connectivity index (χ2v) is 8.40. The van der Waals surface area contributed by atoms with E-state index in [1.54, 1.807) is 12.3 Å². The molecule has 31 heavy (non-hydrogen) atoms. The van der Waals surface area contributed by atoms with Gasteiger partial charge in [0.25, 0.3) is 0 Å². The number of aromatic nitrogens is 2. The summed E-state index contributed by atoms with van der Waals surface area (Å²) in [4.78, 5) is 8.05. The van der Waals surface area contributed by atoms with Crippen molar-refractivity contribution in [2.24, 2.45) is 0 Å². The molecule has 0 unspecified atom stereocenters. The zero-order valence-corrected chi connectivity index (χ0v) is 17.5. The summed E-state index contributed by atoms with van der Waals surface area (Å²) < 4.78 is 19.3. The fourth-order valence-corrected chi connectivity index (χ4v) is 4.82. The van der Waals surface area contributed by atoms with Crippen LogP contribution in [0, 0.1) is 5.95 Å². The zero-order chi connectivity index (χ0) is 21.2. The molecule has 0 spiro atoms. The lowest BCUT2D eigenvalue weighted by Gasteiger charge is -2.27. The molecule has 6 heteroatoms. The third kappa shape index (κ3) is 4.18. The van der Waals surface area contributed by atoms with Gasteiger partial charge >= 0.3 is 0 Å². The summed E-state index contributed by atoms with van der Waals surface area (Å²) in [5.41, 5.74) is 12.4. The Morgan fingerprint density at radius 3 is 2.58 bits per heavy atom. The molecule has 2 aliphatic heterocycles. The Morgan fingerprint density at radius 1 is 0.935 bits per heavy atom. The summed E-state index contributed by atoms with van der Waals surface area (Å²) in [5, 5.41) is 3.67. The molecule has 2 aliphatic rings. The minimum Gasteiger partial charge on any atom is -0.383 e. The van der Waals surface area contributed by atoms with Gasteiger partial charge in [0, 0.05) is 48.8 Å². The highest BCUT2D eigenvalue weighted by atomic mass is 19.1. The number of halogens is 1. The lowest BCUT2D eigenvalue weighted by atomic mass is 9.84. The van der Waals surface area contributed by atoms with E-state index in [0.717, 1.165) is 50.1 Å². The van der Waals surface area contributed by atoms with Crippen molar-refractivity contribution in [1.29, 1.82) is 0 Å². The van der Waals surface area contributed by atoms with E-state index in [1.807, 2.05) is 6.07 Å². The van der Waals surface area contributed by atoms with Crippen molar-refractivity contribution in [1.82, 2.24) is 15.3 Å². The molecular weight excluding hydrogens is 391 g/mol. The van der Waals surface area contributed by atoms with E-state index < -0.39 is 5.95 Å². The van der Waals surface area contributed by atoms with E-state index in [1.165, 1.54) is 29.8 Å². The Morgan fingerprint density at radius 2 is 1.81 bits per heavy atom. The summed E-state index contributed by atoms with van der Waals surface area (Å²) in [6, 6.07) is 12.3. The van der Waals surface area contributed by atoms with Crippen LogP contribution >= 0.6 is 0 Å². The highest BCUT2D eigenvalue weighted by Gasteiger charge is 2.25. The maximum absolute atomic E-state index is 13.7. The summed E-state index contributed by atoms with van der Waals surface area (Å²) >= 11 is 0. The topological polar surface area (TPSA) is 73.1 Å². The Kier molecular flexibility index (Phi) is 5.66. The molecule has 4 heterocycles. The minimum absolute atomic E-state index is 0.380. The summed E-state index contributed by atoms with van der Waals surface area (Å²) in [6.45, 7) is 2.72. The van der Waals surface area contributed by atoms with Crippen molar-refractivity contribution in [3.8, 4) is 22.3 Å². The maximum Gasteiger partial charge on any atom is 0.213 e. The number of nitrogens with zero attached hydrogens (tertiary/aromatic N) is 2. The van der Waals surface area contributed by atoms with Crippen LogP contribution in [0.15, 0.2) is 48.8 Å². The van der Waals surface area contributed by atoms with Crippen LogP contribution in [0.2, 0.25) is 0 Å². The highest BCUT2D eigenvalue weighted by molar-refractivity contribution is 5.79. The van der Waals surface area contributed by atoms with Gasteiger partial charge in [0.1, 0.15) is 5.82 Å². The molecule has 3 N–H and O–H groups in total. The second kappa shape index (κ2) is 8.73. The number of benzene rings is 1. The number of rotatable bonds is 4. The highest BCUT2D eigenvalue weighted by Crippen LogP contribution is 2.38. The van der Waals surface area contributed by atoms with Crippen LogP contribution in [-0.2, 0) is 4.74 Å². The molecule has 1 atom stereocenters. The van der Waals surface area contributed by atoms with E-state index in [-0.39, 0.29) is 0 Å². The molecule has 5 rings (SSSR count). The largest absolute Gasteiger partial charge is 0.383 e. The second-order valence-electron chi connectivity index (χ2n) is 8.40. The Bertz CT molecular complexity index is 1070. The fraction of sp³-hybridized carbons (Fsp3) is 0.360. The molecule has 1 aromatic carbocycles. The van der Waals surface area contributed by atoms with Gasteiger partial charge in [0.05, 0.1) is 0 Å². The first kappa shape index (κ1) is 20.1. The molecule has 5 nitrogen and oxygen atoms in total. The van der Waals surface area contributed by atoms with Gasteiger partial charge in [0.15, 0.2) is 0 Å². The van der Waals surface area contributed by atoms with Crippen molar-refractivity contribution < 1.29 is 9.13 Å². The molecule has 3 aromatic rings. The molecule has 160 valence electrons. The first-order valence-corrected chi connectivity index (χ1v) is 11.0. The number of nitrogens with one attached hydrogen (secondary N) is 1. The number of nitrogens with two attached hydrogens (primary N) is 1. The average Bonchev–Trinajstić information content (AvgIpc) is 3.35. The van der Waals surface area contributed by atoms with Crippen LogP contribution in [0.1, 0.15) is 48.8 Å². The molecular formula is C25H27FN4O. The van der Waals surface area contributed by atoms with Crippen molar-refractivity contribution in [2.75, 3.05) is 25.5 Å². The Hall–Kier alpha value is -2.83. The SMILES string of the molecule is Nc1ncc(-c2ccc(C3CCOCC3)c([C@@H]3CCCN3)c2)cc1-c1ccnc(F)c1. The summed E-state index contributed by atoms with van der Waals surface area (Å²) in [5.74, 6) is 0.392. The summed E-state index contributed by atoms with van der Waals surface area (Å²) in [6.07, 6.45) is 7.74. The van der Waals surface area contributed by atoms with E-state index in [9.17, 15) is 4.39 Å².